The molecule has 0 aromatic heterocycles. The highest BCUT2D eigenvalue weighted by Gasteiger charge is 2.23. The van der Waals surface area contributed by atoms with Crippen molar-refractivity contribution in [3.05, 3.63) is 0 Å². The van der Waals surface area contributed by atoms with E-state index in [0.29, 0.717) is 31.3 Å². The highest BCUT2D eigenvalue weighted by atomic mass is 32.2. The van der Waals surface area contributed by atoms with Crippen molar-refractivity contribution in [1.29, 1.82) is 0 Å². The molecule has 1 aliphatic rings. The molecule has 2 amide bonds. The zero-order valence-corrected chi connectivity index (χ0v) is 13.0. The molecule has 0 saturated carbocycles. The van der Waals surface area contributed by atoms with Crippen LogP contribution in [0.4, 0.5) is 4.79 Å². The number of aliphatic hydroxyl groups excluding tert-OH is 1. The number of rotatable bonds is 4. The van der Waals surface area contributed by atoms with Crippen LogP contribution in [-0.4, -0.2) is 57.0 Å². The summed E-state index contributed by atoms with van der Waals surface area (Å²) in [4.78, 5) is 13.6. The number of nitrogens with one attached hydrogen (secondary N) is 1. The van der Waals surface area contributed by atoms with Crippen LogP contribution in [0.25, 0.3) is 0 Å². The van der Waals surface area contributed by atoms with Crippen LogP contribution >= 0.6 is 0 Å². The quantitative estimate of drug-likeness (QED) is 0.810. The number of urea groups is 1. The summed E-state index contributed by atoms with van der Waals surface area (Å²) in [6, 6.07) is -0.0812. The number of nitrogens with zero attached hydrogens (tertiary/aromatic N) is 1. The van der Waals surface area contributed by atoms with E-state index in [0.717, 1.165) is 12.8 Å². The Bertz CT molecular complexity index is 320. The van der Waals surface area contributed by atoms with Gasteiger partial charge < -0.3 is 15.3 Å². The Labute approximate surface area is 118 Å². The van der Waals surface area contributed by atoms with E-state index in [2.05, 4.69) is 5.32 Å². The van der Waals surface area contributed by atoms with Gasteiger partial charge in [0.2, 0.25) is 0 Å². The maximum atomic E-state index is 11.9. The monoisotopic (exact) mass is 290 g/mol. The Morgan fingerprint density at radius 2 is 1.95 bits per heavy atom. The van der Waals surface area contributed by atoms with Gasteiger partial charge in [0, 0.05) is 47.5 Å². The lowest BCUT2D eigenvalue weighted by Crippen LogP contribution is -2.46. The van der Waals surface area contributed by atoms with E-state index < -0.39 is 10.8 Å². The van der Waals surface area contributed by atoms with E-state index in [4.69, 9.17) is 5.11 Å². The van der Waals surface area contributed by atoms with Gasteiger partial charge in [0.1, 0.15) is 0 Å². The Balaban J connectivity index is 2.24. The van der Waals surface area contributed by atoms with E-state index in [1.165, 1.54) is 0 Å². The molecule has 0 bridgehead atoms. The van der Waals surface area contributed by atoms with Crippen molar-refractivity contribution in [2.24, 2.45) is 5.92 Å². The molecule has 112 valence electrons. The van der Waals surface area contributed by atoms with E-state index >= 15 is 0 Å². The lowest BCUT2D eigenvalue weighted by Gasteiger charge is -2.31. The maximum absolute atomic E-state index is 11.9. The first-order valence-electron chi connectivity index (χ1n) is 6.86. The van der Waals surface area contributed by atoms with Crippen molar-refractivity contribution < 1.29 is 14.1 Å². The van der Waals surface area contributed by atoms with Gasteiger partial charge in [-0.25, -0.2) is 4.79 Å². The van der Waals surface area contributed by atoms with Crippen molar-refractivity contribution >= 4 is 16.8 Å². The Hall–Kier alpha value is -0.620. The smallest absolute Gasteiger partial charge is 0.317 e. The minimum atomic E-state index is -0.932. The largest absolute Gasteiger partial charge is 0.396 e. The molecule has 6 heteroatoms. The van der Waals surface area contributed by atoms with Crippen molar-refractivity contribution in [3.63, 3.8) is 0 Å². The molecule has 1 fully saturated rings. The highest BCUT2D eigenvalue weighted by Crippen LogP contribution is 2.16. The second-order valence-electron chi connectivity index (χ2n) is 6.01. The number of aliphatic hydroxyl groups is 1. The van der Waals surface area contributed by atoms with Gasteiger partial charge in [-0.2, -0.15) is 0 Å². The van der Waals surface area contributed by atoms with Crippen LogP contribution in [0, 0.1) is 5.92 Å². The second-order valence-corrected chi connectivity index (χ2v) is 8.33. The molecule has 0 aromatic rings. The fraction of sp³-hybridized carbons (Fsp3) is 0.923. The number of amides is 2. The Kier molecular flexibility index (Phi) is 6.26. The Morgan fingerprint density at radius 3 is 2.42 bits per heavy atom. The summed E-state index contributed by atoms with van der Waals surface area (Å²) in [6.45, 7) is 7.85. The van der Waals surface area contributed by atoms with E-state index in [1.54, 1.807) is 4.90 Å². The van der Waals surface area contributed by atoms with Crippen LogP contribution < -0.4 is 5.32 Å². The summed E-state index contributed by atoms with van der Waals surface area (Å²) in [7, 11) is -0.932. The topological polar surface area (TPSA) is 69.6 Å². The van der Waals surface area contributed by atoms with Crippen molar-refractivity contribution in [1.82, 2.24) is 10.2 Å². The van der Waals surface area contributed by atoms with E-state index in [9.17, 15) is 9.00 Å². The first-order valence-corrected chi connectivity index (χ1v) is 8.18. The third kappa shape index (κ3) is 5.48. The maximum Gasteiger partial charge on any atom is 0.317 e. The first-order chi connectivity index (χ1) is 8.84. The van der Waals surface area contributed by atoms with E-state index in [1.807, 2.05) is 20.8 Å². The van der Waals surface area contributed by atoms with Gasteiger partial charge in [0.15, 0.2) is 0 Å². The van der Waals surface area contributed by atoms with Gasteiger partial charge in [-0.3, -0.25) is 4.21 Å². The van der Waals surface area contributed by atoms with Gasteiger partial charge in [0.05, 0.1) is 0 Å². The van der Waals surface area contributed by atoms with Gasteiger partial charge in [-0.1, -0.05) is 0 Å². The number of hydrogen-bond donors (Lipinski definition) is 2. The van der Waals surface area contributed by atoms with Crippen molar-refractivity contribution in [3.8, 4) is 0 Å². The molecule has 1 heterocycles. The third-order valence-corrected chi connectivity index (χ3v) is 5.35. The van der Waals surface area contributed by atoms with Crippen molar-refractivity contribution in [2.75, 3.05) is 32.0 Å². The van der Waals surface area contributed by atoms with E-state index in [-0.39, 0.29) is 17.4 Å². The minimum absolute atomic E-state index is 0.0812. The third-order valence-electron chi connectivity index (χ3n) is 3.41. The Morgan fingerprint density at radius 1 is 1.37 bits per heavy atom. The first kappa shape index (κ1) is 16.4. The predicted molar refractivity (Wildman–Crippen MR) is 77.5 cm³/mol. The number of hydrogen-bond acceptors (Lipinski definition) is 3. The molecule has 19 heavy (non-hydrogen) atoms. The molecule has 5 nitrogen and oxygen atoms in total. The summed E-state index contributed by atoms with van der Waals surface area (Å²) in [6.07, 6.45) is 1.72. The normalized spacial score (nSPS) is 19.3. The highest BCUT2D eigenvalue weighted by molar-refractivity contribution is 7.86. The number of likely N-dealkylation sites (tertiary alicyclic amines) is 1. The van der Waals surface area contributed by atoms with Gasteiger partial charge in [0.25, 0.3) is 0 Å². The minimum Gasteiger partial charge on any atom is -0.396 e. The SMILES string of the molecule is CC(C)(C)S(=O)CCNC(=O)N1CCC(CO)CC1. The number of carbonyl (C=O) groups excluding carboxylic acids is 1. The predicted octanol–water partition coefficient (Wildman–Crippen LogP) is 0.947. The summed E-state index contributed by atoms with van der Waals surface area (Å²) in [5.74, 6) is 0.819. The second kappa shape index (κ2) is 7.24. The van der Waals surface area contributed by atoms with Crippen LogP contribution in [0.5, 0.6) is 0 Å². The molecule has 1 saturated heterocycles. The van der Waals surface area contributed by atoms with Crippen LogP contribution in [0.2, 0.25) is 0 Å². The molecule has 0 radical (unpaired) electrons. The zero-order chi connectivity index (χ0) is 14.5. The standard InChI is InChI=1S/C13H26N2O3S/c1-13(2,3)19(18)9-6-14-12(17)15-7-4-11(10-16)5-8-15/h11,16H,4-10H2,1-3H3,(H,14,17). The fourth-order valence-electron chi connectivity index (χ4n) is 1.99. The van der Waals surface area contributed by atoms with Gasteiger partial charge in [-0.05, 0) is 39.5 Å². The summed E-state index contributed by atoms with van der Waals surface area (Å²) >= 11 is 0. The van der Waals surface area contributed by atoms with Gasteiger partial charge >= 0.3 is 6.03 Å². The summed E-state index contributed by atoms with van der Waals surface area (Å²) < 4.78 is 11.6. The average molecular weight is 290 g/mol. The number of piperidine rings is 1. The fourth-order valence-corrected chi connectivity index (χ4v) is 2.89. The molecule has 2 N–H and O–H groups in total. The molecule has 1 aliphatic heterocycles. The lowest BCUT2D eigenvalue weighted by molar-refractivity contribution is 0.137. The summed E-state index contributed by atoms with van der Waals surface area (Å²) in [5, 5.41) is 11.9. The van der Waals surface area contributed by atoms with Crippen LogP contribution in [0.1, 0.15) is 33.6 Å². The van der Waals surface area contributed by atoms with Crippen molar-refractivity contribution in [2.45, 2.75) is 38.4 Å². The molecule has 1 rings (SSSR count). The van der Waals surface area contributed by atoms with Crippen LogP contribution in [-0.2, 0) is 10.8 Å². The van der Waals surface area contributed by atoms with Crippen LogP contribution in [0.3, 0.4) is 0 Å². The molecule has 1 atom stereocenters. The molecule has 0 aromatic carbocycles. The molecular weight excluding hydrogens is 264 g/mol. The molecule has 1 unspecified atom stereocenters. The molecule has 0 spiro atoms. The zero-order valence-electron chi connectivity index (χ0n) is 12.1. The van der Waals surface area contributed by atoms with Crippen LogP contribution in [0.15, 0.2) is 0 Å². The summed E-state index contributed by atoms with van der Waals surface area (Å²) in [5.41, 5.74) is 0. The lowest BCUT2D eigenvalue weighted by atomic mass is 9.98. The molecular formula is C13H26N2O3S. The van der Waals surface area contributed by atoms with Gasteiger partial charge in [-0.15, -0.1) is 0 Å². The average Bonchev–Trinajstić information content (AvgIpc) is 2.37. The number of carbonyl (C=O) groups is 1. The molecule has 0 aliphatic carbocycles.